The molecule has 3 rings (SSSR count). The number of carboxylic acids is 1. The molecule has 1 heterocycles. The SMILES string of the molecule is CCOc1ccccc1-c1nc2c(C(=O)O)cccc2o1. The van der Waals surface area contributed by atoms with E-state index in [9.17, 15) is 9.90 Å². The Labute approximate surface area is 120 Å². The van der Waals surface area contributed by atoms with Crippen molar-refractivity contribution in [2.75, 3.05) is 6.61 Å². The summed E-state index contributed by atoms with van der Waals surface area (Å²) < 4.78 is 11.2. The number of carboxylic acid groups (broad SMARTS) is 1. The minimum Gasteiger partial charge on any atom is -0.493 e. The highest BCUT2D eigenvalue weighted by molar-refractivity contribution is 6.00. The van der Waals surface area contributed by atoms with Crippen molar-refractivity contribution < 1.29 is 19.1 Å². The molecule has 1 aromatic heterocycles. The van der Waals surface area contributed by atoms with Crippen LogP contribution in [0, 0.1) is 0 Å². The number of hydrogen-bond acceptors (Lipinski definition) is 4. The van der Waals surface area contributed by atoms with Gasteiger partial charge in [0.2, 0.25) is 5.89 Å². The molecule has 0 spiro atoms. The average molecular weight is 283 g/mol. The van der Waals surface area contributed by atoms with E-state index in [1.807, 2.05) is 31.2 Å². The molecule has 0 aliphatic carbocycles. The summed E-state index contributed by atoms with van der Waals surface area (Å²) in [6.45, 7) is 2.42. The first-order valence-corrected chi connectivity index (χ1v) is 6.55. The van der Waals surface area contributed by atoms with Gasteiger partial charge in [-0.3, -0.25) is 0 Å². The summed E-state index contributed by atoms with van der Waals surface area (Å²) in [5, 5.41) is 9.20. The van der Waals surface area contributed by atoms with Gasteiger partial charge in [-0.05, 0) is 31.2 Å². The molecule has 0 saturated carbocycles. The third-order valence-electron chi connectivity index (χ3n) is 3.07. The van der Waals surface area contributed by atoms with Crippen LogP contribution in [0.2, 0.25) is 0 Å². The van der Waals surface area contributed by atoms with E-state index in [0.717, 1.165) is 0 Å². The third-order valence-corrected chi connectivity index (χ3v) is 3.07. The molecule has 0 fully saturated rings. The molecule has 0 unspecified atom stereocenters. The number of oxazole rings is 1. The Balaban J connectivity index is 2.18. The van der Waals surface area contributed by atoms with E-state index in [1.165, 1.54) is 6.07 Å². The van der Waals surface area contributed by atoms with E-state index < -0.39 is 5.97 Å². The Bertz CT molecular complexity index is 807. The van der Waals surface area contributed by atoms with Gasteiger partial charge < -0.3 is 14.3 Å². The van der Waals surface area contributed by atoms with Crippen LogP contribution < -0.4 is 4.74 Å². The van der Waals surface area contributed by atoms with Crippen LogP contribution >= 0.6 is 0 Å². The second kappa shape index (κ2) is 5.28. The quantitative estimate of drug-likeness (QED) is 0.792. The number of benzene rings is 2. The van der Waals surface area contributed by atoms with E-state index in [-0.39, 0.29) is 5.56 Å². The summed E-state index contributed by atoms with van der Waals surface area (Å²) in [7, 11) is 0. The molecule has 0 atom stereocenters. The largest absolute Gasteiger partial charge is 0.493 e. The Morgan fingerprint density at radius 2 is 2.05 bits per heavy atom. The fourth-order valence-corrected chi connectivity index (χ4v) is 2.16. The first kappa shape index (κ1) is 13.2. The second-order valence-corrected chi connectivity index (χ2v) is 4.41. The van der Waals surface area contributed by atoms with Gasteiger partial charge in [0.05, 0.1) is 17.7 Å². The van der Waals surface area contributed by atoms with Crippen molar-refractivity contribution in [3.05, 3.63) is 48.0 Å². The van der Waals surface area contributed by atoms with E-state index in [2.05, 4.69) is 4.98 Å². The van der Waals surface area contributed by atoms with Crippen molar-refractivity contribution in [1.29, 1.82) is 0 Å². The van der Waals surface area contributed by atoms with Crippen molar-refractivity contribution in [1.82, 2.24) is 4.98 Å². The van der Waals surface area contributed by atoms with Gasteiger partial charge in [0.1, 0.15) is 11.3 Å². The van der Waals surface area contributed by atoms with Gasteiger partial charge in [0.25, 0.3) is 0 Å². The van der Waals surface area contributed by atoms with Gasteiger partial charge in [0.15, 0.2) is 5.58 Å². The number of hydrogen-bond donors (Lipinski definition) is 1. The fourth-order valence-electron chi connectivity index (χ4n) is 2.16. The van der Waals surface area contributed by atoms with E-state index in [4.69, 9.17) is 9.15 Å². The van der Waals surface area contributed by atoms with E-state index in [1.54, 1.807) is 12.1 Å². The van der Waals surface area contributed by atoms with Gasteiger partial charge >= 0.3 is 5.97 Å². The lowest BCUT2D eigenvalue weighted by Crippen LogP contribution is -1.97. The first-order valence-electron chi connectivity index (χ1n) is 6.55. The summed E-state index contributed by atoms with van der Waals surface area (Å²) in [6, 6.07) is 12.2. The summed E-state index contributed by atoms with van der Waals surface area (Å²) in [5.74, 6) is -0.0234. The van der Waals surface area contributed by atoms with Gasteiger partial charge in [-0.1, -0.05) is 18.2 Å². The van der Waals surface area contributed by atoms with Crippen LogP contribution in [0.4, 0.5) is 0 Å². The average Bonchev–Trinajstić information content (AvgIpc) is 2.91. The Hall–Kier alpha value is -2.82. The monoisotopic (exact) mass is 283 g/mol. The van der Waals surface area contributed by atoms with Crippen molar-refractivity contribution >= 4 is 17.1 Å². The number of para-hydroxylation sites is 2. The summed E-state index contributed by atoms with van der Waals surface area (Å²) >= 11 is 0. The molecular formula is C16H13NO4. The van der Waals surface area contributed by atoms with Gasteiger partial charge in [-0.25, -0.2) is 9.78 Å². The topological polar surface area (TPSA) is 72.6 Å². The predicted molar refractivity (Wildman–Crippen MR) is 77.6 cm³/mol. The molecule has 3 aromatic rings. The number of rotatable bonds is 4. The zero-order valence-electron chi connectivity index (χ0n) is 11.4. The normalized spacial score (nSPS) is 10.7. The van der Waals surface area contributed by atoms with Crippen molar-refractivity contribution in [2.24, 2.45) is 0 Å². The Morgan fingerprint density at radius 1 is 1.24 bits per heavy atom. The zero-order chi connectivity index (χ0) is 14.8. The van der Waals surface area contributed by atoms with Gasteiger partial charge in [0, 0.05) is 0 Å². The van der Waals surface area contributed by atoms with Crippen LogP contribution in [-0.4, -0.2) is 22.7 Å². The molecule has 106 valence electrons. The molecule has 0 amide bonds. The Kier molecular flexibility index (Phi) is 3.31. The van der Waals surface area contributed by atoms with Crippen molar-refractivity contribution in [3.8, 4) is 17.2 Å². The van der Waals surface area contributed by atoms with Crippen molar-refractivity contribution in [2.45, 2.75) is 6.92 Å². The van der Waals surface area contributed by atoms with Crippen LogP contribution in [0.3, 0.4) is 0 Å². The maximum Gasteiger partial charge on any atom is 0.338 e. The summed E-state index contributed by atoms with van der Waals surface area (Å²) in [4.78, 5) is 15.5. The van der Waals surface area contributed by atoms with E-state index in [0.29, 0.717) is 34.9 Å². The van der Waals surface area contributed by atoms with Gasteiger partial charge in [-0.2, -0.15) is 0 Å². The lowest BCUT2D eigenvalue weighted by molar-refractivity contribution is 0.0699. The minimum absolute atomic E-state index is 0.122. The molecule has 0 saturated heterocycles. The molecule has 2 aromatic carbocycles. The lowest BCUT2D eigenvalue weighted by Gasteiger charge is -2.06. The van der Waals surface area contributed by atoms with Crippen LogP contribution in [0.15, 0.2) is 46.9 Å². The van der Waals surface area contributed by atoms with Crippen LogP contribution in [-0.2, 0) is 0 Å². The standard InChI is InChI=1S/C16H13NO4/c1-2-20-12-8-4-3-6-10(12)15-17-14-11(16(18)19)7-5-9-13(14)21-15/h3-9H,2H2,1H3,(H,18,19). The third kappa shape index (κ3) is 2.33. The first-order chi connectivity index (χ1) is 10.2. The Morgan fingerprint density at radius 3 is 2.81 bits per heavy atom. The molecule has 0 radical (unpaired) electrons. The van der Waals surface area contributed by atoms with Crippen LogP contribution in [0.5, 0.6) is 5.75 Å². The highest BCUT2D eigenvalue weighted by atomic mass is 16.5. The molecular weight excluding hydrogens is 270 g/mol. The maximum absolute atomic E-state index is 11.2. The smallest absolute Gasteiger partial charge is 0.338 e. The summed E-state index contributed by atoms with van der Waals surface area (Å²) in [5.41, 5.74) is 1.60. The zero-order valence-corrected chi connectivity index (χ0v) is 11.4. The van der Waals surface area contributed by atoms with Crippen LogP contribution in [0.1, 0.15) is 17.3 Å². The molecule has 0 bridgehead atoms. The minimum atomic E-state index is -1.03. The number of carbonyl (C=O) groups is 1. The number of fused-ring (bicyclic) bond motifs is 1. The van der Waals surface area contributed by atoms with Crippen LogP contribution in [0.25, 0.3) is 22.6 Å². The highest BCUT2D eigenvalue weighted by Crippen LogP contribution is 2.32. The van der Waals surface area contributed by atoms with Gasteiger partial charge in [-0.15, -0.1) is 0 Å². The molecule has 5 nitrogen and oxygen atoms in total. The molecule has 0 aliphatic rings. The molecule has 0 aliphatic heterocycles. The second-order valence-electron chi connectivity index (χ2n) is 4.41. The maximum atomic E-state index is 11.2. The van der Waals surface area contributed by atoms with Crippen molar-refractivity contribution in [3.63, 3.8) is 0 Å². The lowest BCUT2D eigenvalue weighted by atomic mass is 10.2. The molecule has 1 N–H and O–H groups in total. The number of ether oxygens (including phenoxy) is 1. The molecule has 21 heavy (non-hydrogen) atoms. The fraction of sp³-hybridized carbons (Fsp3) is 0.125. The number of aromatic carboxylic acids is 1. The number of nitrogens with zero attached hydrogens (tertiary/aromatic N) is 1. The van der Waals surface area contributed by atoms with E-state index >= 15 is 0 Å². The predicted octanol–water partition coefficient (Wildman–Crippen LogP) is 3.59. The summed E-state index contributed by atoms with van der Waals surface area (Å²) in [6.07, 6.45) is 0. The molecule has 5 heteroatoms. The highest BCUT2D eigenvalue weighted by Gasteiger charge is 2.17. The number of aromatic nitrogens is 1.